The number of nitrogens with one attached hydrogen (secondary N) is 1. The number of hydrogen-bond acceptors (Lipinski definition) is 4. The van der Waals surface area contributed by atoms with Crippen molar-refractivity contribution in [3.05, 3.63) is 35.4 Å². The van der Waals surface area contributed by atoms with Crippen LogP contribution in [0.1, 0.15) is 29.8 Å². The van der Waals surface area contributed by atoms with Crippen molar-refractivity contribution in [3.63, 3.8) is 0 Å². The van der Waals surface area contributed by atoms with E-state index in [-0.39, 0.29) is 11.9 Å². The molecule has 5 nitrogen and oxygen atoms in total. The lowest BCUT2D eigenvalue weighted by atomic mass is 10.1. The third kappa shape index (κ3) is 2.51. The van der Waals surface area contributed by atoms with Crippen molar-refractivity contribution in [2.75, 3.05) is 6.61 Å². The van der Waals surface area contributed by atoms with E-state index in [0.717, 1.165) is 5.56 Å². The molecule has 0 saturated heterocycles. The van der Waals surface area contributed by atoms with E-state index in [4.69, 9.17) is 10.6 Å². The van der Waals surface area contributed by atoms with Crippen LogP contribution in [0.3, 0.4) is 0 Å². The van der Waals surface area contributed by atoms with Gasteiger partial charge in [-0.25, -0.2) is 10.8 Å². The Morgan fingerprint density at radius 2 is 2.44 bits per heavy atom. The number of rotatable bonds is 3. The fourth-order valence-corrected chi connectivity index (χ4v) is 1.70. The largest absolute Gasteiger partial charge is 0.475 e. The molecule has 1 amide bonds. The number of carbonyl (C=O) groups excluding carboxylic acids is 1. The summed E-state index contributed by atoms with van der Waals surface area (Å²) >= 11 is 0. The Morgan fingerprint density at radius 3 is 3.06 bits per heavy atom. The quantitative estimate of drug-likeness (QED) is 0.472. The van der Waals surface area contributed by atoms with Crippen LogP contribution in [0.25, 0.3) is 0 Å². The van der Waals surface area contributed by atoms with Crippen LogP contribution in [0.5, 0.6) is 0 Å². The molecule has 1 aliphatic heterocycles. The number of nitrogens with two attached hydrogens (primary N) is 1. The van der Waals surface area contributed by atoms with Gasteiger partial charge in [-0.1, -0.05) is 19.9 Å². The molecule has 0 aromatic heterocycles. The van der Waals surface area contributed by atoms with Crippen molar-refractivity contribution in [1.82, 2.24) is 5.43 Å². The minimum Gasteiger partial charge on any atom is -0.475 e. The standard InChI is InChI=1S/C13H16N3O2/c1-8(2)11-7-18-13(15-11)10-5-3-4-9(6-10)12(17)16-14/h3,5-6,8,11H,7,14H2,1-2H3,(H,16,17). The van der Waals surface area contributed by atoms with Crippen molar-refractivity contribution in [2.24, 2.45) is 16.8 Å². The summed E-state index contributed by atoms with van der Waals surface area (Å²) in [6, 6.07) is 8.14. The number of hydrogen-bond donors (Lipinski definition) is 2. The molecule has 1 radical (unpaired) electrons. The Bertz CT molecular complexity index is 483. The van der Waals surface area contributed by atoms with Crippen molar-refractivity contribution in [3.8, 4) is 0 Å². The second kappa shape index (κ2) is 5.18. The summed E-state index contributed by atoms with van der Waals surface area (Å²) < 4.78 is 5.55. The molecule has 1 aromatic rings. The maximum absolute atomic E-state index is 11.4. The van der Waals surface area contributed by atoms with Gasteiger partial charge in [0.15, 0.2) is 0 Å². The highest BCUT2D eigenvalue weighted by Gasteiger charge is 2.23. The van der Waals surface area contributed by atoms with Crippen LogP contribution in [0.15, 0.2) is 23.2 Å². The first kappa shape index (κ1) is 12.6. The monoisotopic (exact) mass is 246 g/mol. The van der Waals surface area contributed by atoms with Crippen LogP contribution >= 0.6 is 0 Å². The first-order chi connectivity index (χ1) is 8.61. The summed E-state index contributed by atoms with van der Waals surface area (Å²) in [7, 11) is 0. The molecular weight excluding hydrogens is 230 g/mol. The molecule has 0 bridgehead atoms. The van der Waals surface area contributed by atoms with Crippen LogP contribution in [-0.2, 0) is 4.74 Å². The third-order valence-corrected chi connectivity index (χ3v) is 2.87. The van der Waals surface area contributed by atoms with E-state index in [0.29, 0.717) is 24.0 Å². The molecule has 1 aromatic carbocycles. The van der Waals surface area contributed by atoms with Gasteiger partial charge in [0.1, 0.15) is 6.61 Å². The van der Waals surface area contributed by atoms with Gasteiger partial charge in [0, 0.05) is 11.1 Å². The van der Waals surface area contributed by atoms with Crippen molar-refractivity contribution < 1.29 is 9.53 Å². The van der Waals surface area contributed by atoms with E-state index in [9.17, 15) is 4.79 Å². The van der Waals surface area contributed by atoms with Gasteiger partial charge in [-0.15, -0.1) is 0 Å². The molecule has 1 aliphatic rings. The summed E-state index contributed by atoms with van der Waals surface area (Å²) in [5, 5.41) is 0. The van der Waals surface area contributed by atoms with Crippen LogP contribution < -0.4 is 11.3 Å². The Labute approximate surface area is 106 Å². The van der Waals surface area contributed by atoms with Crippen LogP contribution in [0.4, 0.5) is 0 Å². The SMILES string of the molecule is CC(C)C1COC(c2cc[c]c(C(=O)NN)c2)=N1. The number of carbonyl (C=O) groups is 1. The fourth-order valence-electron chi connectivity index (χ4n) is 1.70. The van der Waals surface area contributed by atoms with Crippen molar-refractivity contribution in [2.45, 2.75) is 19.9 Å². The molecule has 2 rings (SSSR count). The summed E-state index contributed by atoms with van der Waals surface area (Å²) in [6.45, 7) is 4.79. The van der Waals surface area contributed by atoms with Gasteiger partial charge < -0.3 is 4.74 Å². The average Bonchev–Trinajstić information content (AvgIpc) is 2.88. The highest BCUT2D eigenvalue weighted by molar-refractivity contribution is 5.99. The lowest BCUT2D eigenvalue weighted by Crippen LogP contribution is -2.30. The fraction of sp³-hybridized carbons (Fsp3) is 0.385. The molecule has 1 unspecified atom stereocenters. The molecule has 0 spiro atoms. The first-order valence-corrected chi connectivity index (χ1v) is 5.85. The third-order valence-electron chi connectivity index (χ3n) is 2.87. The second-order valence-electron chi connectivity index (χ2n) is 4.52. The molecule has 3 N–H and O–H groups in total. The Hall–Kier alpha value is -1.88. The highest BCUT2D eigenvalue weighted by atomic mass is 16.5. The molecular formula is C13H16N3O2. The molecule has 95 valence electrons. The average molecular weight is 246 g/mol. The molecule has 18 heavy (non-hydrogen) atoms. The number of benzene rings is 1. The minimum atomic E-state index is -0.379. The predicted octanol–water partition coefficient (Wildman–Crippen LogP) is 0.892. The minimum absolute atomic E-state index is 0.177. The van der Waals surface area contributed by atoms with Gasteiger partial charge in [-0.2, -0.15) is 0 Å². The Balaban J connectivity index is 2.24. The van der Waals surface area contributed by atoms with E-state index >= 15 is 0 Å². The normalized spacial score (nSPS) is 18.4. The number of ether oxygens (including phenoxy) is 1. The summed E-state index contributed by atoms with van der Waals surface area (Å²) in [6.07, 6.45) is 0. The zero-order chi connectivity index (χ0) is 13.1. The number of amides is 1. The van der Waals surface area contributed by atoms with E-state index in [1.165, 1.54) is 0 Å². The van der Waals surface area contributed by atoms with Crippen LogP contribution in [0.2, 0.25) is 0 Å². The summed E-state index contributed by atoms with van der Waals surface area (Å²) in [4.78, 5) is 15.9. The number of nitrogen functional groups attached to an aromatic ring is 1. The van der Waals surface area contributed by atoms with Gasteiger partial charge >= 0.3 is 0 Å². The summed E-state index contributed by atoms with van der Waals surface area (Å²) in [5.41, 5.74) is 3.22. The van der Waals surface area contributed by atoms with Crippen molar-refractivity contribution >= 4 is 11.8 Å². The number of nitrogens with zero attached hydrogens (tertiary/aromatic N) is 1. The highest BCUT2D eigenvalue weighted by Crippen LogP contribution is 2.18. The van der Waals surface area contributed by atoms with Crippen LogP contribution in [0, 0.1) is 12.0 Å². The molecule has 0 saturated carbocycles. The van der Waals surface area contributed by atoms with Gasteiger partial charge in [-0.05, 0) is 24.1 Å². The van der Waals surface area contributed by atoms with Gasteiger partial charge in [0.2, 0.25) is 5.90 Å². The lowest BCUT2D eigenvalue weighted by molar-refractivity contribution is 0.0953. The van der Waals surface area contributed by atoms with Crippen LogP contribution in [-0.4, -0.2) is 24.5 Å². The molecule has 5 heteroatoms. The first-order valence-electron chi connectivity index (χ1n) is 5.85. The maximum atomic E-state index is 11.4. The van der Waals surface area contributed by atoms with Crippen molar-refractivity contribution in [1.29, 1.82) is 0 Å². The molecule has 0 aliphatic carbocycles. The van der Waals surface area contributed by atoms with Gasteiger partial charge in [0.05, 0.1) is 6.04 Å². The predicted molar refractivity (Wildman–Crippen MR) is 68.0 cm³/mol. The van der Waals surface area contributed by atoms with Gasteiger partial charge in [0.25, 0.3) is 5.91 Å². The maximum Gasteiger partial charge on any atom is 0.265 e. The van der Waals surface area contributed by atoms with E-state index in [2.05, 4.69) is 30.3 Å². The Kier molecular flexibility index (Phi) is 3.62. The second-order valence-corrected chi connectivity index (χ2v) is 4.52. The smallest absolute Gasteiger partial charge is 0.265 e. The number of hydrazine groups is 1. The molecule has 0 fully saturated rings. The molecule has 1 heterocycles. The molecule has 1 atom stereocenters. The topological polar surface area (TPSA) is 76.7 Å². The van der Waals surface area contributed by atoms with E-state index in [1.807, 2.05) is 6.07 Å². The lowest BCUT2D eigenvalue weighted by Gasteiger charge is -2.06. The van der Waals surface area contributed by atoms with Gasteiger partial charge in [-0.3, -0.25) is 10.2 Å². The van der Waals surface area contributed by atoms with E-state index < -0.39 is 0 Å². The number of aliphatic imine (C=N–C) groups is 1. The zero-order valence-electron chi connectivity index (χ0n) is 10.4. The van der Waals surface area contributed by atoms with E-state index in [1.54, 1.807) is 12.1 Å². The zero-order valence-corrected chi connectivity index (χ0v) is 10.4. The Morgan fingerprint density at radius 1 is 1.67 bits per heavy atom. The summed E-state index contributed by atoms with van der Waals surface area (Å²) in [5.74, 6) is 5.72.